The highest BCUT2D eigenvalue weighted by Crippen LogP contribution is 2.08. The highest BCUT2D eigenvalue weighted by molar-refractivity contribution is 5.74. The molecule has 0 aromatic rings. The predicted octanol–water partition coefficient (Wildman–Crippen LogP) is 0.444. The molecule has 2 rings (SSSR count). The van der Waals surface area contributed by atoms with Gasteiger partial charge in [0.05, 0.1) is 13.2 Å². The quantitative estimate of drug-likeness (QED) is 0.800. The molecule has 21 heavy (non-hydrogen) atoms. The van der Waals surface area contributed by atoms with Crippen LogP contribution in [0.2, 0.25) is 0 Å². The average Bonchev–Trinajstić information content (AvgIpc) is 2.55. The Bertz CT molecular complexity index is 313. The number of nitrogens with one attached hydrogen (secondary N) is 1. The summed E-state index contributed by atoms with van der Waals surface area (Å²) in [6.45, 7) is 13.4. The van der Waals surface area contributed by atoms with Gasteiger partial charge in [-0.1, -0.05) is 6.92 Å². The Balaban J connectivity index is 1.61. The minimum absolute atomic E-state index is 0.0899. The van der Waals surface area contributed by atoms with Crippen molar-refractivity contribution in [3.05, 3.63) is 0 Å². The van der Waals surface area contributed by atoms with Gasteiger partial charge in [0.25, 0.3) is 0 Å². The lowest BCUT2D eigenvalue weighted by atomic mass is 10.2. The molecule has 1 N–H and O–H groups in total. The lowest BCUT2D eigenvalue weighted by Gasteiger charge is -2.37. The molecule has 0 spiro atoms. The molecule has 2 saturated heterocycles. The second-order valence-corrected chi connectivity index (χ2v) is 5.97. The number of urea groups is 1. The van der Waals surface area contributed by atoms with Crippen molar-refractivity contribution < 1.29 is 9.53 Å². The molecule has 0 saturated carbocycles. The van der Waals surface area contributed by atoms with Gasteiger partial charge in [-0.15, -0.1) is 0 Å². The van der Waals surface area contributed by atoms with Crippen molar-refractivity contribution in [1.82, 2.24) is 20.0 Å². The summed E-state index contributed by atoms with van der Waals surface area (Å²) in [7, 11) is 0. The zero-order valence-corrected chi connectivity index (χ0v) is 13.5. The number of morpholine rings is 1. The minimum atomic E-state index is 0.0899. The number of ether oxygens (including phenoxy) is 1. The number of hydrogen-bond donors (Lipinski definition) is 1. The molecule has 2 aliphatic heterocycles. The highest BCUT2D eigenvalue weighted by atomic mass is 16.5. The van der Waals surface area contributed by atoms with Crippen molar-refractivity contribution >= 4 is 6.03 Å². The highest BCUT2D eigenvalue weighted by Gasteiger charge is 2.23. The van der Waals surface area contributed by atoms with E-state index in [2.05, 4.69) is 29.0 Å². The first-order valence-electron chi connectivity index (χ1n) is 8.27. The summed E-state index contributed by atoms with van der Waals surface area (Å²) in [5.41, 5.74) is 0. The van der Waals surface area contributed by atoms with Gasteiger partial charge in [-0.05, 0) is 13.3 Å². The fraction of sp³-hybridized carbons (Fsp3) is 0.933. The van der Waals surface area contributed by atoms with Crippen molar-refractivity contribution in [1.29, 1.82) is 0 Å². The van der Waals surface area contributed by atoms with E-state index in [0.717, 1.165) is 65.6 Å². The molecular formula is C15H30N4O2. The molecule has 122 valence electrons. The number of nitrogens with zero attached hydrogens (tertiary/aromatic N) is 3. The predicted molar refractivity (Wildman–Crippen MR) is 83.6 cm³/mol. The van der Waals surface area contributed by atoms with E-state index in [1.54, 1.807) is 0 Å². The van der Waals surface area contributed by atoms with Crippen molar-refractivity contribution in [3.8, 4) is 0 Å². The Labute approximate surface area is 128 Å². The third-order valence-corrected chi connectivity index (χ3v) is 4.62. The standard InChI is InChI=1S/C15H30N4O2/c1-3-14(2)18-6-8-19(9-7-18)15(20)16-4-5-17-10-12-21-13-11-17/h14H,3-13H2,1-2H3,(H,16,20). The number of piperazine rings is 1. The maximum Gasteiger partial charge on any atom is 0.317 e. The van der Waals surface area contributed by atoms with Crippen molar-refractivity contribution in [3.63, 3.8) is 0 Å². The zero-order chi connectivity index (χ0) is 15.1. The summed E-state index contributed by atoms with van der Waals surface area (Å²) in [5.74, 6) is 0. The third kappa shape index (κ3) is 5.13. The van der Waals surface area contributed by atoms with Crippen LogP contribution in [0.15, 0.2) is 0 Å². The smallest absolute Gasteiger partial charge is 0.317 e. The first kappa shape index (κ1) is 16.5. The van der Waals surface area contributed by atoms with Gasteiger partial charge < -0.3 is 15.0 Å². The molecule has 0 bridgehead atoms. The van der Waals surface area contributed by atoms with Crippen LogP contribution in [0.5, 0.6) is 0 Å². The average molecular weight is 298 g/mol. The molecule has 2 aliphatic rings. The summed E-state index contributed by atoms with van der Waals surface area (Å²) >= 11 is 0. The van der Waals surface area contributed by atoms with Crippen LogP contribution in [-0.2, 0) is 4.74 Å². The van der Waals surface area contributed by atoms with E-state index in [4.69, 9.17) is 4.74 Å². The van der Waals surface area contributed by atoms with Gasteiger partial charge in [-0.25, -0.2) is 4.79 Å². The van der Waals surface area contributed by atoms with E-state index in [9.17, 15) is 4.79 Å². The van der Waals surface area contributed by atoms with E-state index in [1.807, 2.05) is 4.90 Å². The molecule has 6 heteroatoms. The fourth-order valence-corrected chi connectivity index (χ4v) is 2.88. The van der Waals surface area contributed by atoms with E-state index in [-0.39, 0.29) is 6.03 Å². The van der Waals surface area contributed by atoms with E-state index in [0.29, 0.717) is 6.04 Å². The fourth-order valence-electron chi connectivity index (χ4n) is 2.88. The van der Waals surface area contributed by atoms with Gasteiger partial charge >= 0.3 is 6.03 Å². The van der Waals surface area contributed by atoms with Crippen LogP contribution < -0.4 is 5.32 Å². The minimum Gasteiger partial charge on any atom is -0.379 e. The molecular weight excluding hydrogens is 268 g/mol. The molecule has 2 amide bonds. The van der Waals surface area contributed by atoms with Gasteiger partial charge in [-0.2, -0.15) is 0 Å². The molecule has 0 aromatic heterocycles. The van der Waals surface area contributed by atoms with Crippen LogP contribution in [-0.4, -0.2) is 92.3 Å². The maximum absolute atomic E-state index is 12.1. The number of carbonyl (C=O) groups excluding carboxylic acids is 1. The van der Waals surface area contributed by atoms with Crippen LogP contribution in [0.1, 0.15) is 20.3 Å². The monoisotopic (exact) mass is 298 g/mol. The number of rotatable bonds is 5. The van der Waals surface area contributed by atoms with Gasteiger partial charge in [-0.3, -0.25) is 9.80 Å². The second kappa shape index (κ2) is 8.56. The zero-order valence-electron chi connectivity index (χ0n) is 13.5. The lowest BCUT2D eigenvalue weighted by molar-refractivity contribution is 0.0384. The van der Waals surface area contributed by atoms with Crippen molar-refractivity contribution in [2.45, 2.75) is 26.3 Å². The summed E-state index contributed by atoms with van der Waals surface area (Å²) in [5, 5.41) is 3.04. The normalized spacial score (nSPS) is 23.0. The largest absolute Gasteiger partial charge is 0.379 e. The van der Waals surface area contributed by atoms with E-state index in [1.165, 1.54) is 6.42 Å². The van der Waals surface area contributed by atoms with Crippen LogP contribution in [0.3, 0.4) is 0 Å². The summed E-state index contributed by atoms with van der Waals surface area (Å²) < 4.78 is 5.32. The van der Waals surface area contributed by atoms with Gasteiger partial charge in [0, 0.05) is 58.4 Å². The maximum atomic E-state index is 12.1. The first-order valence-corrected chi connectivity index (χ1v) is 8.27. The summed E-state index contributed by atoms with van der Waals surface area (Å²) in [6, 6.07) is 0.712. The Morgan fingerprint density at radius 3 is 2.43 bits per heavy atom. The molecule has 0 radical (unpaired) electrons. The SMILES string of the molecule is CCC(C)N1CCN(C(=O)NCCN2CCOCC2)CC1. The summed E-state index contributed by atoms with van der Waals surface area (Å²) in [6.07, 6.45) is 1.17. The van der Waals surface area contributed by atoms with Gasteiger partial charge in [0.15, 0.2) is 0 Å². The van der Waals surface area contributed by atoms with E-state index < -0.39 is 0 Å². The van der Waals surface area contributed by atoms with Crippen LogP contribution >= 0.6 is 0 Å². The molecule has 2 heterocycles. The Hall–Kier alpha value is -0.850. The van der Waals surface area contributed by atoms with E-state index >= 15 is 0 Å². The molecule has 1 atom stereocenters. The molecule has 2 fully saturated rings. The van der Waals surface area contributed by atoms with Crippen LogP contribution in [0.25, 0.3) is 0 Å². The number of amides is 2. The molecule has 0 aliphatic carbocycles. The van der Waals surface area contributed by atoms with Crippen molar-refractivity contribution in [2.75, 3.05) is 65.6 Å². The summed E-state index contributed by atoms with van der Waals surface area (Å²) in [4.78, 5) is 18.9. The van der Waals surface area contributed by atoms with Crippen molar-refractivity contribution in [2.24, 2.45) is 0 Å². The Kier molecular flexibility index (Phi) is 6.73. The topological polar surface area (TPSA) is 48.0 Å². The first-order chi connectivity index (χ1) is 10.2. The second-order valence-electron chi connectivity index (χ2n) is 5.97. The number of hydrogen-bond acceptors (Lipinski definition) is 4. The third-order valence-electron chi connectivity index (χ3n) is 4.62. The Morgan fingerprint density at radius 2 is 1.81 bits per heavy atom. The molecule has 1 unspecified atom stereocenters. The van der Waals surface area contributed by atoms with Crippen LogP contribution in [0.4, 0.5) is 4.79 Å². The number of carbonyl (C=O) groups is 1. The van der Waals surface area contributed by atoms with Crippen LogP contribution in [0, 0.1) is 0 Å². The molecule has 6 nitrogen and oxygen atoms in total. The van der Waals surface area contributed by atoms with Gasteiger partial charge in [0.2, 0.25) is 0 Å². The Morgan fingerprint density at radius 1 is 1.14 bits per heavy atom. The molecule has 0 aromatic carbocycles. The lowest BCUT2D eigenvalue weighted by Crippen LogP contribution is -2.54. The van der Waals surface area contributed by atoms with Gasteiger partial charge in [0.1, 0.15) is 0 Å².